The lowest BCUT2D eigenvalue weighted by Crippen LogP contribution is -2.13. The van der Waals surface area contributed by atoms with Gasteiger partial charge in [-0.2, -0.15) is 0 Å². The second kappa shape index (κ2) is 5.17. The molecule has 3 rings (SSSR count). The standard InChI is InChI=1S/C16H12FNO2/c17-14-8-6-13(7-9-14)15-11-18(16(19)20-15)10-12-4-2-1-3-5-12/h1-9,11H,10H2. The second-order valence-corrected chi connectivity index (χ2v) is 4.48. The molecule has 0 aliphatic carbocycles. The zero-order chi connectivity index (χ0) is 13.9. The molecule has 3 nitrogen and oxygen atoms in total. The molecule has 0 aliphatic heterocycles. The first-order valence-corrected chi connectivity index (χ1v) is 6.22. The first kappa shape index (κ1) is 12.4. The topological polar surface area (TPSA) is 35.1 Å². The van der Waals surface area contributed by atoms with E-state index in [0.717, 1.165) is 5.56 Å². The minimum atomic E-state index is -0.423. The van der Waals surface area contributed by atoms with Crippen molar-refractivity contribution in [1.82, 2.24) is 4.57 Å². The predicted molar refractivity (Wildman–Crippen MR) is 73.9 cm³/mol. The van der Waals surface area contributed by atoms with Crippen LogP contribution >= 0.6 is 0 Å². The van der Waals surface area contributed by atoms with E-state index in [2.05, 4.69) is 0 Å². The quantitative estimate of drug-likeness (QED) is 0.731. The number of aromatic nitrogens is 1. The van der Waals surface area contributed by atoms with Gasteiger partial charge >= 0.3 is 5.76 Å². The third kappa shape index (κ3) is 2.54. The third-order valence-electron chi connectivity index (χ3n) is 3.03. The van der Waals surface area contributed by atoms with E-state index >= 15 is 0 Å². The summed E-state index contributed by atoms with van der Waals surface area (Å²) in [5.41, 5.74) is 1.69. The van der Waals surface area contributed by atoms with E-state index in [1.54, 1.807) is 18.3 Å². The van der Waals surface area contributed by atoms with Crippen LogP contribution in [0.2, 0.25) is 0 Å². The van der Waals surface area contributed by atoms with Gasteiger partial charge < -0.3 is 4.42 Å². The summed E-state index contributed by atoms with van der Waals surface area (Å²) in [7, 11) is 0. The number of hydrogen-bond donors (Lipinski definition) is 0. The number of rotatable bonds is 3. The molecule has 0 spiro atoms. The molecular formula is C16H12FNO2. The highest BCUT2D eigenvalue weighted by atomic mass is 19.1. The maximum absolute atomic E-state index is 12.9. The minimum Gasteiger partial charge on any atom is -0.408 e. The average molecular weight is 269 g/mol. The highest BCUT2D eigenvalue weighted by molar-refractivity contribution is 5.55. The number of benzene rings is 2. The molecule has 0 aliphatic rings. The minimum absolute atomic E-state index is 0.320. The molecule has 100 valence electrons. The summed E-state index contributed by atoms with van der Waals surface area (Å²) < 4.78 is 19.6. The van der Waals surface area contributed by atoms with Gasteiger partial charge in [0, 0.05) is 5.56 Å². The van der Waals surface area contributed by atoms with Crippen molar-refractivity contribution in [1.29, 1.82) is 0 Å². The number of hydrogen-bond acceptors (Lipinski definition) is 2. The van der Waals surface area contributed by atoms with Gasteiger partial charge in [0.2, 0.25) is 0 Å². The predicted octanol–water partition coefficient (Wildman–Crippen LogP) is 3.30. The van der Waals surface area contributed by atoms with Gasteiger partial charge in [-0.05, 0) is 29.8 Å². The molecule has 0 N–H and O–H groups in total. The summed E-state index contributed by atoms with van der Waals surface area (Å²) in [4.78, 5) is 11.8. The molecule has 1 heterocycles. The Morgan fingerprint density at radius 1 is 1.00 bits per heavy atom. The molecule has 4 heteroatoms. The van der Waals surface area contributed by atoms with E-state index in [1.807, 2.05) is 30.3 Å². The van der Waals surface area contributed by atoms with E-state index < -0.39 is 5.76 Å². The van der Waals surface area contributed by atoms with Crippen LogP contribution in [0.5, 0.6) is 0 Å². The lowest BCUT2D eigenvalue weighted by molar-refractivity contribution is 0.497. The van der Waals surface area contributed by atoms with Gasteiger partial charge in [-0.3, -0.25) is 4.57 Å². The largest absolute Gasteiger partial charge is 0.419 e. The molecule has 0 amide bonds. The zero-order valence-electron chi connectivity index (χ0n) is 10.6. The Balaban J connectivity index is 1.91. The van der Waals surface area contributed by atoms with Gasteiger partial charge in [0.1, 0.15) is 5.82 Å². The number of halogens is 1. The summed E-state index contributed by atoms with van der Waals surface area (Å²) in [6.45, 7) is 0.449. The van der Waals surface area contributed by atoms with Crippen LogP contribution in [-0.2, 0) is 6.54 Å². The third-order valence-corrected chi connectivity index (χ3v) is 3.03. The van der Waals surface area contributed by atoms with Crippen molar-refractivity contribution in [2.75, 3.05) is 0 Å². The van der Waals surface area contributed by atoms with Crippen LogP contribution < -0.4 is 5.76 Å². The number of nitrogens with zero attached hydrogens (tertiary/aromatic N) is 1. The molecule has 0 fully saturated rings. The van der Waals surface area contributed by atoms with Crippen LogP contribution in [-0.4, -0.2) is 4.57 Å². The Hall–Kier alpha value is -2.62. The lowest BCUT2D eigenvalue weighted by Gasteiger charge is -1.99. The van der Waals surface area contributed by atoms with Gasteiger partial charge in [0.05, 0.1) is 12.7 Å². The Kier molecular flexibility index (Phi) is 3.21. The average Bonchev–Trinajstić information content (AvgIpc) is 2.82. The summed E-state index contributed by atoms with van der Waals surface area (Å²) in [5, 5.41) is 0. The monoisotopic (exact) mass is 269 g/mol. The van der Waals surface area contributed by atoms with E-state index in [9.17, 15) is 9.18 Å². The Morgan fingerprint density at radius 2 is 1.70 bits per heavy atom. The van der Waals surface area contributed by atoms with Crippen molar-refractivity contribution in [3.63, 3.8) is 0 Å². The van der Waals surface area contributed by atoms with Gasteiger partial charge in [-0.15, -0.1) is 0 Å². The van der Waals surface area contributed by atoms with Gasteiger partial charge in [-0.25, -0.2) is 9.18 Å². The fraction of sp³-hybridized carbons (Fsp3) is 0.0625. The SMILES string of the molecule is O=c1oc(-c2ccc(F)cc2)cn1Cc1ccccc1. The molecule has 0 saturated heterocycles. The normalized spacial score (nSPS) is 10.7. The highest BCUT2D eigenvalue weighted by Gasteiger charge is 2.08. The first-order valence-electron chi connectivity index (χ1n) is 6.22. The Bertz CT molecular complexity index is 757. The van der Waals surface area contributed by atoms with Crippen LogP contribution in [0.1, 0.15) is 5.56 Å². The van der Waals surface area contributed by atoms with E-state index in [-0.39, 0.29) is 5.82 Å². The van der Waals surface area contributed by atoms with E-state index in [4.69, 9.17) is 4.42 Å². The molecule has 2 aromatic carbocycles. The van der Waals surface area contributed by atoms with Crippen molar-refractivity contribution < 1.29 is 8.81 Å². The maximum atomic E-state index is 12.9. The second-order valence-electron chi connectivity index (χ2n) is 4.48. The van der Waals surface area contributed by atoms with Gasteiger partial charge in [0.25, 0.3) is 0 Å². The van der Waals surface area contributed by atoms with Gasteiger partial charge in [0.15, 0.2) is 5.76 Å². The summed E-state index contributed by atoms with van der Waals surface area (Å²) >= 11 is 0. The van der Waals surface area contributed by atoms with E-state index in [0.29, 0.717) is 17.9 Å². The summed E-state index contributed by atoms with van der Waals surface area (Å²) in [6, 6.07) is 15.5. The van der Waals surface area contributed by atoms with E-state index in [1.165, 1.54) is 16.7 Å². The molecule has 3 aromatic rings. The fourth-order valence-electron chi connectivity index (χ4n) is 2.01. The van der Waals surface area contributed by atoms with Crippen LogP contribution in [0.3, 0.4) is 0 Å². The Morgan fingerprint density at radius 3 is 2.40 bits per heavy atom. The first-order chi connectivity index (χ1) is 9.72. The van der Waals surface area contributed by atoms with Crippen molar-refractivity contribution in [2.24, 2.45) is 0 Å². The summed E-state index contributed by atoms with van der Waals surface area (Å²) in [6.07, 6.45) is 1.64. The molecule has 1 aromatic heterocycles. The van der Waals surface area contributed by atoms with Crippen LogP contribution in [0.25, 0.3) is 11.3 Å². The maximum Gasteiger partial charge on any atom is 0.419 e. The van der Waals surface area contributed by atoms with Crippen LogP contribution in [0.4, 0.5) is 4.39 Å². The van der Waals surface area contributed by atoms with Crippen molar-refractivity contribution in [3.8, 4) is 11.3 Å². The van der Waals surface area contributed by atoms with Crippen LogP contribution in [0, 0.1) is 5.82 Å². The van der Waals surface area contributed by atoms with Crippen molar-refractivity contribution >= 4 is 0 Å². The molecule has 20 heavy (non-hydrogen) atoms. The molecular weight excluding hydrogens is 257 g/mol. The molecule has 0 saturated carbocycles. The van der Waals surface area contributed by atoms with Crippen molar-refractivity contribution in [3.05, 3.63) is 82.7 Å². The highest BCUT2D eigenvalue weighted by Crippen LogP contribution is 2.18. The molecule has 0 atom stereocenters. The smallest absolute Gasteiger partial charge is 0.408 e. The van der Waals surface area contributed by atoms with Gasteiger partial charge in [-0.1, -0.05) is 30.3 Å². The number of oxazole rings is 1. The Labute approximate surface area is 114 Å². The lowest BCUT2D eigenvalue weighted by atomic mass is 10.2. The zero-order valence-corrected chi connectivity index (χ0v) is 10.6. The summed E-state index contributed by atoms with van der Waals surface area (Å²) in [5.74, 6) is -0.307. The van der Waals surface area contributed by atoms with Crippen LogP contribution in [0.15, 0.2) is 70.0 Å². The fourth-order valence-corrected chi connectivity index (χ4v) is 2.01. The molecule has 0 radical (unpaired) electrons. The molecule has 0 unspecified atom stereocenters. The molecule has 0 bridgehead atoms. The van der Waals surface area contributed by atoms with Crippen molar-refractivity contribution in [2.45, 2.75) is 6.54 Å².